The zero-order valence-corrected chi connectivity index (χ0v) is 15.8. The molecule has 0 aliphatic heterocycles. The average molecular weight is 352 g/mol. The minimum absolute atomic E-state index is 0.344. The van der Waals surface area contributed by atoms with Crippen LogP contribution in [0.2, 0.25) is 0 Å². The molecule has 0 bridgehead atoms. The summed E-state index contributed by atoms with van der Waals surface area (Å²) in [5.41, 5.74) is 6.28. The number of benzene rings is 1. The number of hydrazone groups is 1. The van der Waals surface area contributed by atoms with Crippen LogP contribution in [0.5, 0.6) is 5.75 Å². The lowest BCUT2D eigenvalue weighted by Crippen LogP contribution is -2.33. The van der Waals surface area contributed by atoms with E-state index in [1.165, 1.54) is 0 Å². The van der Waals surface area contributed by atoms with Gasteiger partial charge in [0, 0.05) is 23.0 Å². The lowest BCUT2D eigenvalue weighted by molar-refractivity contribution is -0.127. The first-order valence-electron chi connectivity index (χ1n) is 8.51. The highest BCUT2D eigenvalue weighted by molar-refractivity contribution is 5.85. The van der Waals surface area contributed by atoms with Crippen LogP contribution in [-0.2, 0) is 4.79 Å². The van der Waals surface area contributed by atoms with E-state index < -0.39 is 6.10 Å². The molecule has 0 saturated heterocycles. The predicted molar refractivity (Wildman–Crippen MR) is 101 cm³/mol. The summed E-state index contributed by atoms with van der Waals surface area (Å²) in [7, 11) is 0. The Hall–Kier alpha value is -3.07. The summed E-state index contributed by atoms with van der Waals surface area (Å²) in [6, 6.07) is 11.0. The summed E-state index contributed by atoms with van der Waals surface area (Å²) in [5, 5.41) is 12.8. The van der Waals surface area contributed by atoms with Crippen LogP contribution in [0.15, 0.2) is 35.4 Å². The van der Waals surface area contributed by atoms with Gasteiger partial charge in [-0.25, -0.2) is 5.43 Å². The summed E-state index contributed by atoms with van der Waals surface area (Å²) in [6.07, 6.45) is 0.941. The number of rotatable bonds is 6. The molecule has 6 heteroatoms. The van der Waals surface area contributed by atoms with E-state index in [4.69, 9.17) is 10.00 Å². The molecule has 6 nitrogen and oxygen atoms in total. The average Bonchev–Trinajstić information content (AvgIpc) is 2.89. The van der Waals surface area contributed by atoms with Gasteiger partial charge in [-0.05, 0) is 65.0 Å². The first-order chi connectivity index (χ1) is 12.3. The maximum atomic E-state index is 12.1. The van der Waals surface area contributed by atoms with Gasteiger partial charge in [0.15, 0.2) is 6.10 Å². The van der Waals surface area contributed by atoms with Gasteiger partial charge >= 0.3 is 0 Å². The van der Waals surface area contributed by atoms with Crippen LogP contribution in [0.4, 0.5) is 0 Å². The van der Waals surface area contributed by atoms with E-state index in [0.29, 0.717) is 17.4 Å². The monoisotopic (exact) mass is 352 g/mol. The zero-order valence-electron chi connectivity index (χ0n) is 15.8. The molecular weight excluding hydrogens is 328 g/mol. The van der Waals surface area contributed by atoms with E-state index in [1.807, 2.05) is 19.1 Å². The fourth-order valence-electron chi connectivity index (χ4n) is 2.85. The van der Waals surface area contributed by atoms with E-state index >= 15 is 0 Å². The Morgan fingerprint density at radius 1 is 1.27 bits per heavy atom. The summed E-state index contributed by atoms with van der Waals surface area (Å²) in [6.45, 7) is 9.99. The van der Waals surface area contributed by atoms with Crippen molar-refractivity contribution in [2.24, 2.45) is 5.10 Å². The smallest absolute Gasteiger partial charge is 0.280 e. The van der Waals surface area contributed by atoms with Gasteiger partial charge < -0.3 is 9.30 Å². The normalized spacial score (nSPS) is 12.2. The van der Waals surface area contributed by atoms with E-state index in [-0.39, 0.29) is 5.91 Å². The van der Waals surface area contributed by atoms with Crippen LogP contribution in [0.3, 0.4) is 0 Å². The van der Waals surface area contributed by atoms with Crippen molar-refractivity contribution >= 4 is 12.1 Å². The van der Waals surface area contributed by atoms with E-state index in [2.05, 4.69) is 35.9 Å². The van der Waals surface area contributed by atoms with Crippen molar-refractivity contribution < 1.29 is 9.53 Å². The molecule has 1 amide bonds. The molecule has 1 heterocycles. The van der Waals surface area contributed by atoms with Gasteiger partial charge in [0.25, 0.3) is 5.91 Å². The number of nitrogens with one attached hydrogen (secondary N) is 1. The predicted octanol–water partition coefficient (Wildman–Crippen LogP) is 3.48. The first-order valence-corrected chi connectivity index (χ1v) is 8.51. The molecule has 0 aliphatic carbocycles. The van der Waals surface area contributed by atoms with Gasteiger partial charge in [-0.2, -0.15) is 10.4 Å². The molecule has 2 rings (SSSR count). The molecule has 26 heavy (non-hydrogen) atoms. The van der Waals surface area contributed by atoms with E-state index in [9.17, 15) is 4.79 Å². The zero-order chi connectivity index (χ0) is 19.3. The second kappa shape index (κ2) is 8.34. The van der Waals surface area contributed by atoms with Gasteiger partial charge in [-0.1, -0.05) is 0 Å². The summed E-state index contributed by atoms with van der Waals surface area (Å²) >= 11 is 0. The SMILES string of the molecule is Cc1cc(/C=N\NC(=O)[C@@H](C)Oc2ccc(C#N)cc2)c(C)n1C(C)C. The number of nitriles is 1. The Morgan fingerprint density at radius 3 is 2.46 bits per heavy atom. The van der Waals surface area contributed by atoms with Crippen molar-refractivity contribution in [2.75, 3.05) is 0 Å². The standard InChI is InChI=1S/C20H24N4O2/c1-13(2)24-14(3)10-18(15(24)4)12-22-23-20(25)16(5)26-19-8-6-17(11-21)7-9-19/h6-10,12-13,16H,1-5H3,(H,23,25)/b22-12-/t16-/m1/s1. The molecule has 0 radical (unpaired) electrons. The molecular formula is C20H24N4O2. The highest BCUT2D eigenvalue weighted by Crippen LogP contribution is 2.18. The molecule has 0 fully saturated rings. The fourth-order valence-corrected chi connectivity index (χ4v) is 2.85. The number of carbonyl (C=O) groups excluding carboxylic acids is 1. The molecule has 1 aromatic heterocycles. The number of amides is 1. The van der Waals surface area contributed by atoms with Crippen LogP contribution in [0.25, 0.3) is 0 Å². The summed E-state index contributed by atoms with van der Waals surface area (Å²) in [4.78, 5) is 12.1. The van der Waals surface area contributed by atoms with Gasteiger partial charge in [0.05, 0.1) is 17.8 Å². The number of nitrogens with zero attached hydrogens (tertiary/aromatic N) is 3. The third-order valence-electron chi connectivity index (χ3n) is 4.08. The van der Waals surface area contributed by atoms with Crippen molar-refractivity contribution in [3.63, 3.8) is 0 Å². The van der Waals surface area contributed by atoms with Crippen molar-refractivity contribution in [1.82, 2.24) is 9.99 Å². The second-order valence-corrected chi connectivity index (χ2v) is 6.42. The molecule has 1 atom stereocenters. The maximum absolute atomic E-state index is 12.1. The molecule has 1 N–H and O–H groups in total. The van der Waals surface area contributed by atoms with Crippen LogP contribution in [-0.4, -0.2) is 22.8 Å². The lowest BCUT2D eigenvalue weighted by atomic mass is 10.2. The number of ether oxygens (including phenoxy) is 1. The highest BCUT2D eigenvalue weighted by Gasteiger charge is 2.14. The number of aryl methyl sites for hydroxylation is 1. The molecule has 1 aromatic carbocycles. The molecule has 0 saturated carbocycles. The molecule has 136 valence electrons. The lowest BCUT2D eigenvalue weighted by Gasteiger charge is -2.13. The molecule has 0 spiro atoms. The van der Waals surface area contributed by atoms with Crippen LogP contribution in [0.1, 0.15) is 49.3 Å². The van der Waals surface area contributed by atoms with Gasteiger partial charge in [0.1, 0.15) is 5.75 Å². The number of aromatic nitrogens is 1. The van der Waals surface area contributed by atoms with Gasteiger partial charge in [-0.15, -0.1) is 0 Å². The Morgan fingerprint density at radius 2 is 1.92 bits per heavy atom. The minimum Gasteiger partial charge on any atom is -0.481 e. The molecule has 2 aromatic rings. The molecule has 0 aliphatic rings. The number of carbonyl (C=O) groups is 1. The van der Waals surface area contributed by atoms with Gasteiger partial charge in [0.2, 0.25) is 0 Å². The highest BCUT2D eigenvalue weighted by atomic mass is 16.5. The van der Waals surface area contributed by atoms with Crippen molar-refractivity contribution in [2.45, 2.75) is 46.8 Å². The summed E-state index contributed by atoms with van der Waals surface area (Å²) in [5.74, 6) is 0.180. The van der Waals surface area contributed by atoms with Crippen molar-refractivity contribution in [3.05, 3.63) is 52.8 Å². The van der Waals surface area contributed by atoms with Crippen molar-refractivity contribution in [3.8, 4) is 11.8 Å². The Kier molecular flexibility index (Phi) is 6.18. The van der Waals surface area contributed by atoms with Gasteiger partial charge in [-0.3, -0.25) is 4.79 Å². The quantitative estimate of drug-likeness (QED) is 0.638. The third-order valence-corrected chi connectivity index (χ3v) is 4.08. The van der Waals surface area contributed by atoms with Crippen LogP contribution < -0.4 is 10.2 Å². The first kappa shape index (κ1) is 19.3. The number of hydrogen-bond acceptors (Lipinski definition) is 4. The minimum atomic E-state index is -0.705. The third kappa shape index (κ3) is 4.51. The van der Waals surface area contributed by atoms with Crippen molar-refractivity contribution in [1.29, 1.82) is 5.26 Å². The maximum Gasteiger partial charge on any atom is 0.280 e. The second-order valence-electron chi connectivity index (χ2n) is 6.42. The Bertz CT molecular complexity index is 842. The van der Waals surface area contributed by atoms with E-state index in [0.717, 1.165) is 17.0 Å². The Labute approximate surface area is 154 Å². The fraction of sp³-hybridized carbons (Fsp3) is 0.350. The Balaban J connectivity index is 1.96. The van der Waals surface area contributed by atoms with Crippen LogP contribution >= 0.6 is 0 Å². The topological polar surface area (TPSA) is 79.4 Å². The molecule has 0 unspecified atom stereocenters. The number of hydrogen-bond donors (Lipinski definition) is 1. The van der Waals surface area contributed by atoms with Crippen LogP contribution in [0, 0.1) is 25.2 Å². The largest absolute Gasteiger partial charge is 0.481 e. The summed E-state index contributed by atoms with van der Waals surface area (Å²) < 4.78 is 7.78. The van der Waals surface area contributed by atoms with E-state index in [1.54, 1.807) is 37.4 Å².